The zero-order chi connectivity index (χ0) is 27.1. The lowest BCUT2D eigenvalue weighted by atomic mass is 9.48. The minimum absolute atomic E-state index is 0.00392. The van der Waals surface area contributed by atoms with Crippen molar-refractivity contribution in [1.29, 1.82) is 0 Å². The highest BCUT2D eigenvalue weighted by atomic mass is 16.6. The molecule has 2 aliphatic rings. The van der Waals surface area contributed by atoms with E-state index in [1.165, 1.54) is 17.2 Å². The Morgan fingerprint density at radius 2 is 1.58 bits per heavy atom. The number of unbranched alkanes of at least 4 members (excludes halogenated alkanes) is 2. The van der Waals surface area contributed by atoms with Crippen LogP contribution >= 0.6 is 0 Å². The summed E-state index contributed by atoms with van der Waals surface area (Å²) >= 11 is 0. The molecule has 6 nitrogen and oxygen atoms in total. The third-order valence-electron chi connectivity index (χ3n) is 8.49. The van der Waals surface area contributed by atoms with Gasteiger partial charge in [0.2, 0.25) is 0 Å². The van der Waals surface area contributed by atoms with Crippen molar-refractivity contribution in [3.8, 4) is 0 Å². The molecule has 2 aliphatic carbocycles. The predicted molar refractivity (Wildman–Crippen MR) is 141 cm³/mol. The van der Waals surface area contributed by atoms with E-state index in [9.17, 15) is 14.4 Å². The largest absolute Gasteiger partial charge is 0.478 e. The van der Waals surface area contributed by atoms with Crippen LogP contribution in [0.3, 0.4) is 0 Å². The van der Waals surface area contributed by atoms with Crippen molar-refractivity contribution in [3.05, 3.63) is 22.8 Å². The van der Waals surface area contributed by atoms with Crippen LogP contribution in [0.2, 0.25) is 0 Å². The average Bonchev–Trinajstić information content (AvgIpc) is 2.77. The van der Waals surface area contributed by atoms with Gasteiger partial charge in [0.1, 0.15) is 12.2 Å². The smallest absolute Gasteiger partial charge is 0.328 e. The van der Waals surface area contributed by atoms with Gasteiger partial charge in [-0.15, -0.1) is 0 Å². The van der Waals surface area contributed by atoms with Crippen molar-refractivity contribution < 1.29 is 29.0 Å². The number of allylic oxidation sites excluding steroid dienone is 2. The topological polar surface area (TPSA) is 89.9 Å². The van der Waals surface area contributed by atoms with E-state index in [1.807, 2.05) is 6.92 Å². The van der Waals surface area contributed by atoms with Gasteiger partial charge in [0.15, 0.2) is 0 Å². The normalized spacial score (nSPS) is 27.9. The monoisotopic (exact) mass is 504 g/mol. The van der Waals surface area contributed by atoms with Crippen LogP contribution in [-0.2, 0) is 23.9 Å². The molecule has 0 saturated heterocycles. The first-order chi connectivity index (χ1) is 16.9. The maximum atomic E-state index is 12.8. The number of hydrogen-bond acceptors (Lipinski definition) is 5. The maximum absolute atomic E-state index is 12.8. The molecule has 0 aromatic carbocycles. The van der Waals surface area contributed by atoms with Gasteiger partial charge in [-0.2, -0.15) is 0 Å². The van der Waals surface area contributed by atoms with Gasteiger partial charge in [-0.3, -0.25) is 9.59 Å². The SMILES string of the molecule is CCCCC(=O)O[C@@H]1CC(C)=C(CC/C(C)=C\C(=O)O)C2(C)CC[C@@H](OC(=O)CCCC)C(C)(C)C12. The summed E-state index contributed by atoms with van der Waals surface area (Å²) in [5.41, 5.74) is 2.81. The Bertz CT molecular complexity index is 867. The Morgan fingerprint density at radius 1 is 1.00 bits per heavy atom. The van der Waals surface area contributed by atoms with Gasteiger partial charge >= 0.3 is 17.9 Å². The second-order valence-corrected chi connectivity index (χ2v) is 11.8. The Hall–Kier alpha value is -2.11. The molecule has 0 aromatic heterocycles. The predicted octanol–water partition coefficient (Wildman–Crippen LogP) is 7.16. The molecule has 204 valence electrons. The molecule has 2 unspecified atom stereocenters. The van der Waals surface area contributed by atoms with Crippen molar-refractivity contribution in [2.45, 2.75) is 131 Å². The minimum atomic E-state index is -0.920. The maximum Gasteiger partial charge on any atom is 0.328 e. The fourth-order valence-corrected chi connectivity index (χ4v) is 6.75. The molecule has 0 aromatic rings. The van der Waals surface area contributed by atoms with Crippen LogP contribution in [0.5, 0.6) is 0 Å². The first kappa shape index (κ1) is 30.1. The van der Waals surface area contributed by atoms with Crippen LogP contribution in [0, 0.1) is 16.7 Å². The van der Waals surface area contributed by atoms with Gasteiger partial charge in [0, 0.05) is 36.7 Å². The Labute approximate surface area is 217 Å². The molecule has 2 rings (SSSR count). The van der Waals surface area contributed by atoms with Crippen LogP contribution < -0.4 is 0 Å². The number of esters is 2. The van der Waals surface area contributed by atoms with Gasteiger partial charge in [-0.25, -0.2) is 4.79 Å². The molecule has 1 N–H and O–H groups in total. The van der Waals surface area contributed by atoms with E-state index < -0.39 is 5.97 Å². The second kappa shape index (κ2) is 12.9. The molecule has 0 bridgehead atoms. The molecular formula is C30H48O6. The minimum Gasteiger partial charge on any atom is -0.478 e. The highest BCUT2D eigenvalue weighted by molar-refractivity contribution is 5.80. The third kappa shape index (κ3) is 7.23. The number of fused-ring (bicyclic) bond motifs is 1. The zero-order valence-electron chi connectivity index (χ0n) is 23.6. The Balaban J connectivity index is 2.41. The molecule has 1 saturated carbocycles. The number of carboxylic acids is 1. The highest BCUT2D eigenvalue weighted by Crippen LogP contribution is 2.61. The summed E-state index contributed by atoms with van der Waals surface area (Å²) in [6, 6.07) is 0. The van der Waals surface area contributed by atoms with Crippen LogP contribution in [0.25, 0.3) is 0 Å². The molecule has 0 heterocycles. The van der Waals surface area contributed by atoms with Gasteiger partial charge in [0.25, 0.3) is 0 Å². The van der Waals surface area contributed by atoms with E-state index in [2.05, 4.69) is 41.5 Å². The Kier molecular flexibility index (Phi) is 10.8. The molecular weight excluding hydrogens is 456 g/mol. The average molecular weight is 505 g/mol. The summed E-state index contributed by atoms with van der Waals surface area (Å²) in [7, 11) is 0. The first-order valence-electron chi connectivity index (χ1n) is 13.8. The lowest BCUT2D eigenvalue weighted by Gasteiger charge is -2.59. The number of hydrogen-bond donors (Lipinski definition) is 1. The van der Waals surface area contributed by atoms with Crippen molar-refractivity contribution in [2.24, 2.45) is 16.7 Å². The van der Waals surface area contributed by atoms with Crippen molar-refractivity contribution in [2.75, 3.05) is 0 Å². The standard InChI is InChI=1S/C30H48O6/c1-8-10-12-26(33)35-23-19-21(4)22(15-14-20(3)18-25(31)32)30(7)17-16-24(29(5,6)28(23)30)36-27(34)13-11-9-2/h18,23-24,28H,8-17,19H2,1-7H3,(H,31,32)/b20-18-/t23-,24-,28?,30?/m1/s1. The number of aliphatic carboxylic acids is 1. The molecule has 1 fully saturated rings. The molecule has 6 heteroatoms. The molecule has 36 heavy (non-hydrogen) atoms. The summed E-state index contributed by atoms with van der Waals surface area (Å²) in [5.74, 6) is -1.22. The fourth-order valence-electron chi connectivity index (χ4n) is 6.75. The second-order valence-electron chi connectivity index (χ2n) is 11.8. The zero-order valence-corrected chi connectivity index (χ0v) is 23.6. The van der Waals surface area contributed by atoms with E-state index in [-0.39, 0.29) is 40.9 Å². The quantitative estimate of drug-likeness (QED) is 0.172. The molecule has 0 amide bonds. The van der Waals surface area contributed by atoms with Crippen LogP contribution in [-0.4, -0.2) is 35.2 Å². The number of carbonyl (C=O) groups excluding carboxylic acids is 2. The Morgan fingerprint density at radius 3 is 2.14 bits per heavy atom. The van der Waals surface area contributed by atoms with E-state index in [0.717, 1.165) is 50.5 Å². The lowest BCUT2D eigenvalue weighted by Crippen LogP contribution is -2.58. The van der Waals surface area contributed by atoms with Crippen LogP contribution in [0.1, 0.15) is 119 Å². The van der Waals surface area contributed by atoms with Gasteiger partial charge < -0.3 is 14.6 Å². The van der Waals surface area contributed by atoms with Gasteiger partial charge in [-0.1, -0.05) is 64.2 Å². The van der Waals surface area contributed by atoms with E-state index >= 15 is 0 Å². The van der Waals surface area contributed by atoms with Crippen LogP contribution in [0.15, 0.2) is 22.8 Å². The van der Waals surface area contributed by atoms with Crippen LogP contribution in [0.4, 0.5) is 0 Å². The summed E-state index contributed by atoms with van der Waals surface area (Å²) in [4.78, 5) is 36.5. The van der Waals surface area contributed by atoms with Crippen molar-refractivity contribution >= 4 is 17.9 Å². The summed E-state index contributed by atoms with van der Waals surface area (Å²) < 4.78 is 12.2. The van der Waals surface area contributed by atoms with E-state index in [1.54, 1.807) is 0 Å². The van der Waals surface area contributed by atoms with Gasteiger partial charge in [0.05, 0.1) is 0 Å². The highest BCUT2D eigenvalue weighted by Gasteiger charge is 2.59. The molecule has 0 aliphatic heterocycles. The number of carbonyl (C=O) groups is 3. The summed E-state index contributed by atoms with van der Waals surface area (Å²) in [6.45, 7) is 14.7. The molecule has 0 spiro atoms. The fraction of sp³-hybridized carbons (Fsp3) is 0.767. The van der Waals surface area contributed by atoms with Crippen molar-refractivity contribution in [1.82, 2.24) is 0 Å². The summed E-state index contributed by atoms with van der Waals surface area (Å²) in [5, 5.41) is 9.14. The lowest BCUT2D eigenvalue weighted by molar-refractivity contribution is -0.189. The summed E-state index contributed by atoms with van der Waals surface area (Å²) in [6.07, 6.45) is 8.86. The van der Waals surface area contributed by atoms with Crippen molar-refractivity contribution in [3.63, 3.8) is 0 Å². The number of ether oxygens (including phenoxy) is 2. The molecule has 0 radical (unpaired) electrons. The third-order valence-corrected chi connectivity index (χ3v) is 8.49. The number of carboxylic acid groups (broad SMARTS) is 1. The van der Waals surface area contributed by atoms with Gasteiger partial charge in [-0.05, 0) is 57.8 Å². The number of rotatable bonds is 12. The molecule has 4 atom stereocenters. The van der Waals surface area contributed by atoms with E-state index in [0.29, 0.717) is 25.7 Å². The first-order valence-corrected chi connectivity index (χ1v) is 13.8. The van der Waals surface area contributed by atoms with E-state index in [4.69, 9.17) is 14.6 Å².